The molecule has 5 rings (SSSR count). The highest BCUT2D eigenvalue weighted by molar-refractivity contribution is 6.06. The minimum absolute atomic E-state index is 0.154. The first-order valence-corrected chi connectivity index (χ1v) is 11.1. The highest BCUT2D eigenvalue weighted by atomic mass is 16.6. The summed E-state index contributed by atoms with van der Waals surface area (Å²) in [5, 5.41) is 14.9. The molecule has 2 aromatic heterocycles. The van der Waals surface area contributed by atoms with Gasteiger partial charge < -0.3 is 14.8 Å². The van der Waals surface area contributed by atoms with Crippen LogP contribution in [0.2, 0.25) is 0 Å². The predicted molar refractivity (Wildman–Crippen MR) is 131 cm³/mol. The van der Waals surface area contributed by atoms with Crippen molar-refractivity contribution in [3.05, 3.63) is 84.1 Å². The molecule has 0 bridgehead atoms. The van der Waals surface area contributed by atoms with Gasteiger partial charge in [0.2, 0.25) is 0 Å². The number of anilines is 1. The quantitative estimate of drug-likeness (QED) is 0.336. The molecule has 0 aliphatic heterocycles. The normalized spacial score (nSPS) is 10.8. The SMILES string of the molecule is CCOC(=O)c1cc(-c2cccc(NC(=O)c3ccc4nonc4c3)c2)n(-c2ccccc2OC)n1. The molecule has 180 valence electrons. The molecular formula is C26H21N5O5. The number of ether oxygens (including phenoxy) is 2. The third kappa shape index (κ3) is 4.39. The van der Waals surface area contributed by atoms with E-state index in [2.05, 4.69) is 20.7 Å². The first-order chi connectivity index (χ1) is 17.6. The maximum Gasteiger partial charge on any atom is 0.358 e. The molecular weight excluding hydrogens is 462 g/mol. The molecule has 0 atom stereocenters. The Morgan fingerprint density at radius 2 is 1.81 bits per heavy atom. The number of rotatable bonds is 7. The predicted octanol–water partition coefficient (Wildman–Crippen LogP) is 4.51. The van der Waals surface area contributed by atoms with E-state index < -0.39 is 5.97 Å². The molecule has 0 spiro atoms. The first-order valence-electron chi connectivity index (χ1n) is 11.1. The number of esters is 1. The van der Waals surface area contributed by atoms with E-state index in [0.29, 0.717) is 39.4 Å². The summed E-state index contributed by atoms with van der Waals surface area (Å²) in [6.45, 7) is 1.96. The lowest BCUT2D eigenvalue weighted by atomic mass is 10.1. The van der Waals surface area contributed by atoms with Crippen molar-refractivity contribution in [1.29, 1.82) is 0 Å². The molecule has 36 heavy (non-hydrogen) atoms. The minimum atomic E-state index is -0.533. The van der Waals surface area contributed by atoms with Crippen molar-refractivity contribution in [2.75, 3.05) is 19.0 Å². The highest BCUT2D eigenvalue weighted by Crippen LogP contribution is 2.30. The van der Waals surface area contributed by atoms with Gasteiger partial charge in [0.25, 0.3) is 5.91 Å². The summed E-state index contributed by atoms with van der Waals surface area (Å²) in [6, 6.07) is 21.1. The molecule has 0 radical (unpaired) electrons. The zero-order chi connectivity index (χ0) is 25.1. The Kier molecular flexibility index (Phi) is 6.14. The van der Waals surface area contributed by atoms with E-state index in [1.165, 1.54) is 0 Å². The number of hydrogen-bond acceptors (Lipinski definition) is 8. The van der Waals surface area contributed by atoms with Crippen molar-refractivity contribution in [2.45, 2.75) is 6.92 Å². The Morgan fingerprint density at radius 3 is 2.64 bits per heavy atom. The van der Waals surface area contributed by atoms with Gasteiger partial charge in [-0.25, -0.2) is 14.1 Å². The monoisotopic (exact) mass is 483 g/mol. The van der Waals surface area contributed by atoms with Crippen molar-refractivity contribution in [3.8, 4) is 22.7 Å². The van der Waals surface area contributed by atoms with Crippen LogP contribution in [0.4, 0.5) is 5.69 Å². The molecule has 5 aromatic rings. The van der Waals surface area contributed by atoms with E-state index in [-0.39, 0.29) is 18.2 Å². The molecule has 1 amide bonds. The summed E-state index contributed by atoms with van der Waals surface area (Å²) in [5.41, 5.74) is 4.16. The maximum absolute atomic E-state index is 12.9. The second kappa shape index (κ2) is 9.71. The van der Waals surface area contributed by atoms with Crippen LogP contribution in [-0.4, -0.2) is 45.7 Å². The maximum atomic E-state index is 12.9. The van der Waals surface area contributed by atoms with Gasteiger partial charge in [-0.3, -0.25) is 4.79 Å². The summed E-state index contributed by atoms with van der Waals surface area (Å²) >= 11 is 0. The van der Waals surface area contributed by atoms with E-state index in [1.54, 1.807) is 61.2 Å². The fourth-order valence-corrected chi connectivity index (χ4v) is 3.76. The molecule has 0 saturated heterocycles. The van der Waals surface area contributed by atoms with Crippen molar-refractivity contribution in [2.24, 2.45) is 0 Å². The number of carbonyl (C=O) groups is 2. The number of amides is 1. The summed E-state index contributed by atoms with van der Waals surface area (Å²) < 4.78 is 17.0. The molecule has 1 N–H and O–H groups in total. The number of para-hydroxylation sites is 2. The third-order valence-electron chi connectivity index (χ3n) is 5.44. The van der Waals surface area contributed by atoms with Gasteiger partial charge in [-0.05, 0) is 65.8 Å². The largest absolute Gasteiger partial charge is 0.494 e. The third-order valence-corrected chi connectivity index (χ3v) is 5.44. The van der Waals surface area contributed by atoms with Crippen LogP contribution >= 0.6 is 0 Å². The van der Waals surface area contributed by atoms with Crippen LogP contribution in [0.25, 0.3) is 28.0 Å². The number of nitrogens with one attached hydrogen (secondary N) is 1. The van der Waals surface area contributed by atoms with Crippen molar-refractivity contribution in [1.82, 2.24) is 20.1 Å². The van der Waals surface area contributed by atoms with Crippen LogP contribution in [0.15, 0.2) is 77.4 Å². The molecule has 0 saturated carbocycles. The Labute approximate surface area is 205 Å². The van der Waals surface area contributed by atoms with E-state index in [4.69, 9.17) is 14.1 Å². The summed E-state index contributed by atoms with van der Waals surface area (Å²) in [4.78, 5) is 25.3. The lowest BCUT2D eigenvalue weighted by Crippen LogP contribution is -2.11. The number of methoxy groups -OCH3 is 1. The van der Waals surface area contributed by atoms with Crippen LogP contribution in [0.3, 0.4) is 0 Å². The van der Waals surface area contributed by atoms with Gasteiger partial charge in [0.15, 0.2) is 5.69 Å². The second-order valence-corrected chi connectivity index (χ2v) is 7.72. The first kappa shape index (κ1) is 22.8. The number of fused-ring (bicyclic) bond motifs is 1. The Hall–Kier alpha value is -4.99. The van der Waals surface area contributed by atoms with Gasteiger partial charge in [-0.2, -0.15) is 5.10 Å². The smallest absolute Gasteiger partial charge is 0.358 e. The summed E-state index contributed by atoms with van der Waals surface area (Å²) in [6.07, 6.45) is 0. The van der Waals surface area contributed by atoms with Gasteiger partial charge in [-0.1, -0.05) is 24.3 Å². The Bertz CT molecular complexity index is 1570. The van der Waals surface area contributed by atoms with E-state index in [0.717, 1.165) is 5.56 Å². The number of carbonyl (C=O) groups excluding carboxylic acids is 2. The van der Waals surface area contributed by atoms with Crippen molar-refractivity contribution >= 4 is 28.6 Å². The van der Waals surface area contributed by atoms with E-state index in [1.807, 2.05) is 30.3 Å². The molecule has 10 nitrogen and oxygen atoms in total. The van der Waals surface area contributed by atoms with Gasteiger partial charge in [0.1, 0.15) is 22.5 Å². The molecule has 0 aliphatic rings. The molecule has 0 fully saturated rings. The zero-order valence-electron chi connectivity index (χ0n) is 19.5. The van der Waals surface area contributed by atoms with Crippen LogP contribution in [-0.2, 0) is 4.74 Å². The zero-order valence-corrected chi connectivity index (χ0v) is 19.5. The lowest BCUT2D eigenvalue weighted by Gasteiger charge is -2.12. The average Bonchev–Trinajstić information content (AvgIpc) is 3.56. The Morgan fingerprint density at radius 1 is 0.972 bits per heavy atom. The van der Waals surface area contributed by atoms with Crippen molar-refractivity contribution < 1.29 is 23.7 Å². The number of benzene rings is 3. The summed E-state index contributed by atoms with van der Waals surface area (Å²) in [5.74, 6) is -0.267. The highest BCUT2D eigenvalue weighted by Gasteiger charge is 2.20. The van der Waals surface area contributed by atoms with Gasteiger partial charge >= 0.3 is 5.97 Å². The fourth-order valence-electron chi connectivity index (χ4n) is 3.76. The van der Waals surface area contributed by atoms with Gasteiger partial charge in [0.05, 0.1) is 19.4 Å². The number of aromatic nitrogens is 4. The van der Waals surface area contributed by atoms with Crippen LogP contribution in [0.5, 0.6) is 5.75 Å². The molecule has 0 unspecified atom stereocenters. The molecule has 0 aliphatic carbocycles. The fraction of sp³-hybridized carbons (Fsp3) is 0.115. The Balaban J connectivity index is 1.52. The van der Waals surface area contributed by atoms with E-state index in [9.17, 15) is 9.59 Å². The van der Waals surface area contributed by atoms with Crippen LogP contribution < -0.4 is 10.1 Å². The van der Waals surface area contributed by atoms with Crippen LogP contribution in [0.1, 0.15) is 27.8 Å². The van der Waals surface area contributed by atoms with Gasteiger partial charge in [-0.15, -0.1) is 0 Å². The number of hydrogen-bond donors (Lipinski definition) is 1. The lowest BCUT2D eigenvalue weighted by molar-refractivity contribution is 0.0518. The second-order valence-electron chi connectivity index (χ2n) is 7.72. The standard InChI is InChI=1S/C26H21N5O5/c1-3-35-26(33)21-15-23(31(28-21)22-9-4-5-10-24(22)34-2)16-7-6-8-18(13-16)27-25(32)17-11-12-19-20(14-17)30-36-29-19/h4-15H,3H2,1-2H3,(H,27,32). The topological polar surface area (TPSA) is 121 Å². The van der Waals surface area contributed by atoms with Crippen molar-refractivity contribution in [3.63, 3.8) is 0 Å². The molecule has 10 heteroatoms. The van der Waals surface area contributed by atoms with E-state index >= 15 is 0 Å². The molecule has 2 heterocycles. The van der Waals surface area contributed by atoms with Gasteiger partial charge in [0, 0.05) is 16.8 Å². The summed E-state index contributed by atoms with van der Waals surface area (Å²) in [7, 11) is 1.57. The average molecular weight is 483 g/mol. The number of nitrogens with zero attached hydrogens (tertiary/aromatic N) is 4. The molecule has 3 aromatic carbocycles. The minimum Gasteiger partial charge on any atom is -0.494 e. The van der Waals surface area contributed by atoms with Crippen LogP contribution in [0, 0.1) is 0 Å².